The number of halogens is 3. The van der Waals surface area contributed by atoms with Crippen LogP contribution in [0.5, 0.6) is 0 Å². The van der Waals surface area contributed by atoms with E-state index < -0.39 is 11.6 Å². The summed E-state index contributed by atoms with van der Waals surface area (Å²) in [4.78, 5) is 3.98. The van der Waals surface area contributed by atoms with Gasteiger partial charge in [-0.25, -0.2) is 13.8 Å². The number of alkyl halides is 1. The maximum absolute atomic E-state index is 12.9. The second kappa shape index (κ2) is 3.98. The van der Waals surface area contributed by atoms with E-state index in [1.54, 1.807) is 10.8 Å². The predicted octanol–water partition coefficient (Wildman–Crippen LogP) is 2.89. The summed E-state index contributed by atoms with van der Waals surface area (Å²) >= 11 is 5.57. The van der Waals surface area contributed by atoms with Gasteiger partial charge in [0.25, 0.3) is 0 Å². The van der Waals surface area contributed by atoms with Crippen molar-refractivity contribution in [3.8, 4) is 5.69 Å². The Morgan fingerprint density at radius 3 is 2.67 bits per heavy atom. The Kier molecular flexibility index (Phi) is 2.68. The summed E-state index contributed by atoms with van der Waals surface area (Å²) in [6.07, 6.45) is 3.17. The summed E-state index contributed by atoms with van der Waals surface area (Å²) in [7, 11) is 0. The van der Waals surface area contributed by atoms with Crippen LogP contribution in [0.2, 0.25) is 0 Å². The van der Waals surface area contributed by atoms with E-state index in [2.05, 4.69) is 4.98 Å². The Labute approximate surface area is 90.1 Å². The van der Waals surface area contributed by atoms with Gasteiger partial charge in [0.2, 0.25) is 0 Å². The first-order valence-corrected chi connectivity index (χ1v) is 4.78. The van der Waals surface area contributed by atoms with Crippen molar-refractivity contribution < 1.29 is 8.78 Å². The summed E-state index contributed by atoms with van der Waals surface area (Å²) in [5, 5.41) is 0. The number of hydrogen-bond donors (Lipinski definition) is 0. The third-order valence-electron chi connectivity index (χ3n) is 1.97. The number of benzene rings is 1. The normalized spacial score (nSPS) is 10.6. The van der Waals surface area contributed by atoms with Crippen molar-refractivity contribution in [1.82, 2.24) is 9.55 Å². The lowest BCUT2D eigenvalue weighted by Crippen LogP contribution is -1.92. The minimum absolute atomic E-state index is 0.288. The van der Waals surface area contributed by atoms with E-state index in [0.717, 1.165) is 12.1 Å². The van der Waals surface area contributed by atoms with Crippen LogP contribution >= 0.6 is 11.6 Å². The zero-order valence-corrected chi connectivity index (χ0v) is 8.38. The van der Waals surface area contributed by atoms with Crippen LogP contribution in [-0.2, 0) is 5.88 Å². The monoisotopic (exact) mass is 228 g/mol. The van der Waals surface area contributed by atoms with Gasteiger partial charge in [-0.2, -0.15) is 0 Å². The molecule has 1 aromatic heterocycles. The molecule has 0 aliphatic carbocycles. The maximum Gasteiger partial charge on any atom is 0.160 e. The summed E-state index contributed by atoms with van der Waals surface area (Å²) in [6, 6.07) is 3.65. The molecule has 0 amide bonds. The van der Waals surface area contributed by atoms with Crippen LogP contribution in [0.1, 0.15) is 5.69 Å². The summed E-state index contributed by atoms with van der Waals surface area (Å²) in [6.45, 7) is 0. The molecule has 0 aliphatic rings. The SMILES string of the molecule is Fc1ccc(-n2cnc(CCl)c2)cc1F. The molecule has 0 radical (unpaired) electrons. The Morgan fingerprint density at radius 2 is 2.07 bits per heavy atom. The first-order chi connectivity index (χ1) is 7.20. The molecule has 78 valence electrons. The maximum atomic E-state index is 12.9. The molecule has 2 rings (SSSR count). The summed E-state index contributed by atoms with van der Waals surface area (Å²) in [5.41, 5.74) is 1.19. The van der Waals surface area contributed by atoms with E-state index in [1.807, 2.05) is 0 Å². The molecule has 5 heteroatoms. The van der Waals surface area contributed by atoms with E-state index >= 15 is 0 Å². The van der Waals surface area contributed by atoms with Crippen molar-refractivity contribution in [2.24, 2.45) is 0 Å². The molecular formula is C10H7ClF2N2. The molecule has 1 heterocycles. The number of aromatic nitrogens is 2. The fourth-order valence-electron chi connectivity index (χ4n) is 1.22. The quantitative estimate of drug-likeness (QED) is 0.723. The summed E-state index contributed by atoms with van der Waals surface area (Å²) in [5.74, 6) is -1.46. The average molecular weight is 229 g/mol. The van der Waals surface area contributed by atoms with Gasteiger partial charge in [-0.05, 0) is 12.1 Å². The second-order valence-electron chi connectivity index (χ2n) is 3.00. The van der Waals surface area contributed by atoms with Gasteiger partial charge in [-0.15, -0.1) is 11.6 Å². The first kappa shape index (κ1) is 10.1. The zero-order valence-electron chi connectivity index (χ0n) is 7.62. The molecule has 0 spiro atoms. The highest BCUT2D eigenvalue weighted by molar-refractivity contribution is 6.16. The zero-order chi connectivity index (χ0) is 10.8. The van der Waals surface area contributed by atoms with Crippen LogP contribution in [0.15, 0.2) is 30.7 Å². The molecule has 0 N–H and O–H groups in total. The summed E-state index contributed by atoms with van der Waals surface area (Å²) < 4.78 is 27.2. The van der Waals surface area contributed by atoms with Crippen molar-refractivity contribution in [3.63, 3.8) is 0 Å². The first-order valence-electron chi connectivity index (χ1n) is 4.25. The molecule has 1 aromatic carbocycles. The predicted molar refractivity (Wildman–Crippen MR) is 53.0 cm³/mol. The van der Waals surface area contributed by atoms with Crippen LogP contribution in [0, 0.1) is 11.6 Å². The van der Waals surface area contributed by atoms with E-state index in [0.29, 0.717) is 11.4 Å². The van der Waals surface area contributed by atoms with Gasteiger partial charge in [-0.1, -0.05) is 0 Å². The third kappa shape index (κ3) is 1.99. The Hall–Kier alpha value is -1.42. The van der Waals surface area contributed by atoms with E-state index in [-0.39, 0.29) is 5.88 Å². The number of hydrogen-bond acceptors (Lipinski definition) is 1. The molecule has 2 nitrogen and oxygen atoms in total. The molecule has 15 heavy (non-hydrogen) atoms. The van der Waals surface area contributed by atoms with Crippen molar-refractivity contribution >= 4 is 11.6 Å². The minimum Gasteiger partial charge on any atom is -0.306 e. The topological polar surface area (TPSA) is 17.8 Å². The van der Waals surface area contributed by atoms with Gasteiger partial charge < -0.3 is 4.57 Å². The Bertz CT molecular complexity index is 482. The van der Waals surface area contributed by atoms with Crippen LogP contribution in [0.3, 0.4) is 0 Å². The fraction of sp³-hybridized carbons (Fsp3) is 0.100. The minimum atomic E-state index is -0.881. The fourth-order valence-corrected chi connectivity index (χ4v) is 1.36. The van der Waals surface area contributed by atoms with Crippen LogP contribution in [-0.4, -0.2) is 9.55 Å². The van der Waals surface area contributed by atoms with Crippen LogP contribution in [0.4, 0.5) is 8.78 Å². The lowest BCUT2D eigenvalue weighted by Gasteiger charge is -2.01. The highest BCUT2D eigenvalue weighted by atomic mass is 35.5. The molecule has 2 aromatic rings. The molecular weight excluding hydrogens is 222 g/mol. The van der Waals surface area contributed by atoms with Gasteiger partial charge in [0.1, 0.15) is 0 Å². The van der Waals surface area contributed by atoms with Gasteiger partial charge in [0, 0.05) is 18.0 Å². The van der Waals surface area contributed by atoms with Gasteiger partial charge >= 0.3 is 0 Å². The van der Waals surface area contributed by atoms with E-state index in [4.69, 9.17) is 11.6 Å². The van der Waals surface area contributed by atoms with Crippen LogP contribution in [0.25, 0.3) is 5.69 Å². The lowest BCUT2D eigenvalue weighted by atomic mass is 10.3. The number of rotatable bonds is 2. The highest BCUT2D eigenvalue weighted by Crippen LogP contribution is 2.13. The standard InChI is InChI=1S/C10H7ClF2N2/c11-4-7-5-15(6-14-7)8-1-2-9(12)10(13)3-8/h1-3,5-6H,4H2. The number of imidazole rings is 1. The van der Waals surface area contributed by atoms with Gasteiger partial charge in [0.05, 0.1) is 17.9 Å². The largest absolute Gasteiger partial charge is 0.306 e. The van der Waals surface area contributed by atoms with Crippen molar-refractivity contribution in [2.75, 3.05) is 0 Å². The molecule has 0 bridgehead atoms. The molecule has 0 atom stereocenters. The van der Waals surface area contributed by atoms with Crippen molar-refractivity contribution in [2.45, 2.75) is 5.88 Å². The smallest absolute Gasteiger partial charge is 0.160 e. The van der Waals surface area contributed by atoms with Crippen molar-refractivity contribution in [1.29, 1.82) is 0 Å². The third-order valence-corrected chi connectivity index (χ3v) is 2.25. The Balaban J connectivity index is 2.40. The number of nitrogens with zero attached hydrogens (tertiary/aromatic N) is 2. The van der Waals surface area contributed by atoms with Crippen molar-refractivity contribution in [3.05, 3.63) is 48.1 Å². The van der Waals surface area contributed by atoms with E-state index in [9.17, 15) is 8.78 Å². The van der Waals surface area contributed by atoms with Crippen LogP contribution < -0.4 is 0 Å². The molecule has 0 saturated heterocycles. The van der Waals surface area contributed by atoms with Gasteiger partial charge in [0.15, 0.2) is 11.6 Å². The Morgan fingerprint density at radius 1 is 1.27 bits per heavy atom. The molecule has 0 aliphatic heterocycles. The highest BCUT2D eigenvalue weighted by Gasteiger charge is 2.04. The van der Waals surface area contributed by atoms with E-state index in [1.165, 1.54) is 12.4 Å². The molecule has 0 saturated carbocycles. The second-order valence-corrected chi connectivity index (χ2v) is 3.27. The van der Waals surface area contributed by atoms with Gasteiger partial charge in [-0.3, -0.25) is 0 Å². The molecule has 0 unspecified atom stereocenters. The average Bonchev–Trinajstić information content (AvgIpc) is 2.70. The lowest BCUT2D eigenvalue weighted by molar-refractivity contribution is 0.508. The molecule has 0 fully saturated rings.